The molecular weight excluding hydrogens is 335 g/mol. The van der Waals surface area contributed by atoms with E-state index < -0.39 is 18.0 Å². The quantitative estimate of drug-likeness (QED) is 0.613. The third-order valence-corrected chi connectivity index (χ3v) is 4.23. The third kappa shape index (κ3) is 4.35. The van der Waals surface area contributed by atoms with Crippen LogP contribution in [0, 0.1) is 5.92 Å². The van der Waals surface area contributed by atoms with Crippen LogP contribution in [0.15, 0.2) is 36.4 Å². The lowest BCUT2D eigenvalue weighted by Gasteiger charge is -2.33. The maximum atomic E-state index is 12.8. The largest absolute Gasteiger partial charge is 0.454 e. The van der Waals surface area contributed by atoms with Gasteiger partial charge in [-0.25, -0.2) is 0 Å². The van der Waals surface area contributed by atoms with Crippen molar-refractivity contribution in [1.29, 1.82) is 0 Å². The van der Waals surface area contributed by atoms with Crippen molar-refractivity contribution in [2.24, 2.45) is 5.92 Å². The predicted octanol–water partition coefficient (Wildman–Crippen LogP) is 3.79. The predicted molar refractivity (Wildman–Crippen MR) is 86.1 cm³/mol. The van der Waals surface area contributed by atoms with Crippen LogP contribution in [-0.4, -0.2) is 36.9 Å². The van der Waals surface area contributed by atoms with Gasteiger partial charge in [-0.15, -0.1) is 0 Å². The van der Waals surface area contributed by atoms with Crippen molar-refractivity contribution in [3.8, 4) is 11.5 Å². The fourth-order valence-corrected chi connectivity index (χ4v) is 2.87. The number of amides is 1. The molecule has 3 rings (SSSR count). The number of halogens is 3. The number of piperidine rings is 1. The van der Waals surface area contributed by atoms with E-state index in [1.165, 1.54) is 17.1 Å². The molecule has 1 atom stereocenters. The van der Waals surface area contributed by atoms with Gasteiger partial charge < -0.3 is 14.4 Å². The molecule has 2 aliphatic heterocycles. The smallest absolute Gasteiger partial charge is 0.393 e. The average molecular weight is 353 g/mol. The number of alkyl halides is 3. The second-order valence-corrected chi connectivity index (χ2v) is 6.00. The zero-order chi connectivity index (χ0) is 17.9. The first-order valence-corrected chi connectivity index (χ1v) is 8.03. The van der Waals surface area contributed by atoms with Gasteiger partial charge in [0.05, 0.1) is 5.92 Å². The molecule has 0 aliphatic carbocycles. The van der Waals surface area contributed by atoms with Crippen LogP contribution in [0.2, 0.25) is 0 Å². The van der Waals surface area contributed by atoms with Gasteiger partial charge in [-0.3, -0.25) is 4.79 Å². The molecule has 1 saturated heterocycles. The van der Waals surface area contributed by atoms with Crippen molar-refractivity contribution >= 4 is 12.0 Å². The molecule has 1 unspecified atom stereocenters. The standard InChI is InChI=1S/C18H18F3NO3/c19-18(20,21)14-5-3-9-22(11-14)17(23)6-2-1-4-13-7-8-15-16(10-13)25-12-24-15/h1-2,4,6-8,10,14H,3,5,9,11-12H2/b4-1+,6-2+. The molecule has 2 heterocycles. The number of fused-ring (bicyclic) bond motifs is 1. The molecule has 1 aromatic carbocycles. The highest BCUT2D eigenvalue weighted by molar-refractivity contribution is 5.88. The summed E-state index contributed by atoms with van der Waals surface area (Å²) in [5.74, 6) is -0.479. The van der Waals surface area contributed by atoms with Gasteiger partial charge in [0.1, 0.15) is 0 Å². The molecule has 0 spiro atoms. The van der Waals surface area contributed by atoms with Crippen LogP contribution in [0.5, 0.6) is 11.5 Å². The van der Waals surface area contributed by atoms with E-state index in [1.54, 1.807) is 18.2 Å². The lowest BCUT2D eigenvalue weighted by molar-refractivity contribution is -0.187. The van der Waals surface area contributed by atoms with Gasteiger partial charge in [0.25, 0.3) is 0 Å². The Kier molecular flexibility index (Phi) is 5.01. The van der Waals surface area contributed by atoms with E-state index in [-0.39, 0.29) is 19.8 Å². The van der Waals surface area contributed by atoms with Crippen LogP contribution in [-0.2, 0) is 4.79 Å². The van der Waals surface area contributed by atoms with E-state index in [9.17, 15) is 18.0 Å². The summed E-state index contributed by atoms with van der Waals surface area (Å²) in [6, 6.07) is 5.45. The maximum absolute atomic E-state index is 12.8. The fraction of sp³-hybridized carbons (Fsp3) is 0.389. The van der Waals surface area contributed by atoms with Crippen LogP contribution >= 0.6 is 0 Å². The number of carbonyl (C=O) groups excluding carboxylic acids is 1. The van der Waals surface area contributed by atoms with Crippen molar-refractivity contribution in [3.63, 3.8) is 0 Å². The molecule has 0 radical (unpaired) electrons. The number of carbonyl (C=O) groups is 1. The Morgan fingerprint density at radius 2 is 2.00 bits per heavy atom. The summed E-state index contributed by atoms with van der Waals surface area (Å²) >= 11 is 0. The number of rotatable bonds is 3. The highest BCUT2D eigenvalue weighted by Gasteiger charge is 2.42. The first-order chi connectivity index (χ1) is 11.9. The first kappa shape index (κ1) is 17.4. The fourth-order valence-electron chi connectivity index (χ4n) is 2.87. The molecule has 4 nitrogen and oxygen atoms in total. The van der Waals surface area contributed by atoms with Crippen molar-refractivity contribution in [1.82, 2.24) is 4.90 Å². The number of hydrogen-bond donors (Lipinski definition) is 0. The lowest BCUT2D eigenvalue weighted by atomic mass is 9.97. The monoisotopic (exact) mass is 353 g/mol. The highest BCUT2D eigenvalue weighted by atomic mass is 19.4. The zero-order valence-electron chi connectivity index (χ0n) is 13.5. The van der Waals surface area contributed by atoms with Crippen LogP contribution in [0.3, 0.4) is 0 Å². The summed E-state index contributed by atoms with van der Waals surface area (Å²) in [4.78, 5) is 13.3. The van der Waals surface area contributed by atoms with Crippen LogP contribution in [0.25, 0.3) is 6.08 Å². The maximum Gasteiger partial charge on any atom is 0.393 e. The number of allylic oxidation sites excluding steroid dienone is 2. The summed E-state index contributed by atoms with van der Waals surface area (Å²) in [6.07, 6.45) is 2.48. The SMILES string of the molecule is O=C(/C=C/C=C/c1ccc2c(c1)OCO2)N1CCCC(C(F)(F)F)C1. The van der Waals surface area contributed by atoms with Crippen molar-refractivity contribution in [2.45, 2.75) is 19.0 Å². The van der Waals surface area contributed by atoms with E-state index in [4.69, 9.17) is 9.47 Å². The summed E-state index contributed by atoms with van der Waals surface area (Å²) in [5, 5.41) is 0. The number of ether oxygens (including phenoxy) is 2. The summed E-state index contributed by atoms with van der Waals surface area (Å²) in [7, 11) is 0. The third-order valence-electron chi connectivity index (χ3n) is 4.23. The molecule has 0 aromatic heterocycles. The molecule has 0 N–H and O–H groups in total. The van der Waals surface area contributed by atoms with Gasteiger partial charge in [-0.1, -0.05) is 24.3 Å². The van der Waals surface area contributed by atoms with E-state index in [2.05, 4.69) is 0 Å². The lowest BCUT2D eigenvalue weighted by Crippen LogP contribution is -2.44. The molecule has 134 valence electrons. The van der Waals surface area contributed by atoms with Gasteiger partial charge in [-0.05, 0) is 30.5 Å². The normalized spacial score (nSPS) is 20.6. The topological polar surface area (TPSA) is 38.8 Å². The average Bonchev–Trinajstić information content (AvgIpc) is 3.05. The van der Waals surface area contributed by atoms with E-state index in [0.29, 0.717) is 24.5 Å². The van der Waals surface area contributed by atoms with Gasteiger partial charge in [0.15, 0.2) is 11.5 Å². The molecule has 25 heavy (non-hydrogen) atoms. The number of nitrogens with zero attached hydrogens (tertiary/aromatic N) is 1. The molecule has 2 aliphatic rings. The summed E-state index contributed by atoms with van der Waals surface area (Å²) < 4.78 is 48.8. The van der Waals surface area contributed by atoms with Crippen molar-refractivity contribution < 1.29 is 27.4 Å². The Bertz CT molecular complexity index is 697. The second-order valence-electron chi connectivity index (χ2n) is 6.00. The Hall–Kier alpha value is -2.44. The number of hydrogen-bond acceptors (Lipinski definition) is 3. The van der Waals surface area contributed by atoms with Crippen LogP contribution in [0.4, 0.5) is 13.2 Å². The van der Waals surface area contributed by atoms with Crippen LogP contribution < -0.4 is 9.47 Å². The molecule has 7 heteroatoms. The minimum Gasteiger partial charge on any atom is -0.454 e. The van der Waals surface area contributed by atoms with E-state index in [1.807, 2.05) is 12.1 Å². The molecular formula is C18H18F3NO3. The van der Waals surface area contributed by atoms with E-state index >= 15 is 0 Å². The summed E-state index contributed by atoms with van der Waals surface area (Å²) in [5.41, 5.74) is 0.872. The van der Waals surface area contributed by atoms with Gasteiger partial charge >= 0.3 is 6.18 Å². The Morgan fingerprint density at radius 1 is 1.20 bits per heavy atom. The Balaban J connectivity index is 1.55. The van der Waals surface area contributed by atoms with Gasteiger partial charge in [-0.2, -0.15) is 13.2 Å². The molecule has 0 saturated carbocycles. The van der Waals surface area contributed by atoms with Gasteiger partial charge in [0.2, 0.25) is 12.7 Å². The van der Waals surface area contributed by atoms with Crippen LogP contribution in [0.1, 0.15) is 18.4 Å². The molecule has 1 aromatic rings. The van der Waals surface area contributed by atoms with E-state index in [0.717, 1.165) is 5.56 Å². The molecule has 0 bridgehead atoms. The molecule has 1 fully saturated rings. The Labute approximate surface area is 143 Å². The highest BCUT2D eigenvalue weighted by Crippen LogP contribution is 2.33. The zero-order valence-corrected chi connectivity index (χ0v) is 13.5. The minimum absolute atomic E-state index is 0.0843. The van der Waals surface area contributed by atoms with Crippen molar-refractivity contribution in [2.75, 3.05) is 19.9 Å². The summed E-state index contributed by atoms with van der Waals surface area (Å²) in [6.45, 7) is 0.297. The minimum atomic E-state index is -4.25. The van der Waals surface area contributed by atoms with Crippen molar-refractivity contribution in [3.05, 3.63) is 42.0 Å². The first-order valence-electron chi connectivity index (χ1n) is 8.03. The number of likely N-dealkylation sites (tertiary alicyclic amines) is 1. The second kappa shape index (κ2) is 7.21. The number of benzene rings is 1. The van der Waals surface area contributed by atoms with Gasteiger partial charge in [0, 0.05) is 19.2 Å². The Morgan fingerprint density at radius 3 is 2.80 bits per heavy atom. The molecule has 1 amide bonds.